The predicted octanol–water partition coefficient (Wildman–Crippen LogP) is 5.34. The first kappa shape index (κ1) is 13.2. The first-order valence-corrected chi connectivity index (χ1v) is 6.63. The molecule has 0 aliphatic heterocycles. The zero-order valence-corrected chi connectivity index (χ0v) is 12.6. The summed E-state index contributed by atoms with van der Waals surface area (Å²) >= 11 is 0. The average Bonchev–Trinajstić information content (AvgIpc) is 2.56. The molecule has 0 saturated carbocycles. The van der Waals surface area contributed by atoms with Gasteiger partial charge in [-0.15, -0.1) is 0 Å². The van der Waals surface area contributed by atoms with Crippen molar-refractivity contribution in [1.82, 2.24) is 0 Å². The molecule has 0 aliphatic rings. The SMILES string of the molecule is Cc1coc2c(C(C)(C)C)cc(C(C)(C)C)cc12. The smallest absolute Gasteiger partial charge is 0.137 e. The van der Waals surface area contributed by atoms with Gasteiger partial charge >= 0.3 is 0 Å². The third kappa shape index (κ3) is 2.19. The fraction of sp³-hybridized carbons (Fsp3) is 0.529. The van der Waals surface area contributed by atoms with Crippen LogP contribution in [0.15, 0.2) is 22.8 Å². The van der Waals surface area contributed by atoms with Gasteiger partial charge in [-0.2, -0.15) is 0 Å². The summed E-state index contributed by atoms with van der Waals surface area (Å²) in [5.74, 6) is 0. The number of hydrogen-bond acceptors (Lipinski definition) is 1. The van der Waals surface area contributed by atoms with Gasteiger partial charge in [-0.25, -0.2) is 0 Å². The Hall–Kier alpha value is -1.24. The van der Waals surface area contributed by atoms with E-state index >= 15 is 0 Å². The normalized spacial score (nSPS) is 13.3. The Balaban J connectivity index is 2.83. The predicted molar refractivity (Wildman–Crippen MR) is 78.4 cm³/mol. The van der Waals surface area contributed by atoms with Crippen LogP contribution in [-0.2, 0) is 10.8 Å². The zero-order valence-electron chi connectivity index (χ0n) is 12.6. The molecule has 1 heteroatoms. The van der Waals surface area contributed by atoms with E-state index in [9.17, 15) is 0 Å². The molecule has 0 amide bonds. The minimum absolute atomic E-state index is 0.101. The lowest BCUT2D eigenvalue weighted by molar-refractivity contribution is 0.549. The monoisotopic (exact) mass is 244 g/mol. The third-order valence-electron chi connectivity index (χ3n) is 3.54. The highest BCUT2D eigenvalue weighted by Gasteiger charge is 2.24. The molecule has 1 aromatic carbocycles. The van der Waals surface area contributed by atoms with Crippen LogP contribution in [0.1, 0.15) is 58.2 Å². The molecule has 2 rings (SSSR count). The topological polar surface area (TPSA) is 13.1 Å². The van der Waals surface area contributed by atoms with Crippen molar-refractivity contribution in [3.05, 3.63) is 35.1 Å². The second-order valence-corrected chi connectivity index (χ2v) is 7.32. The lowest BCUT2D eigenvalue weighted by Gasteiger charge is -2.25. The van der Waals surface area contributed by atoms with E-state index in [2.05, 4.69) is 60.6 Å². The number of benzene rings is 1. The fourth-order valence-corrected chi connectivity index (χ4v) is 2.25. The van der Waals surface area contributed by atoms with Gasteiger partial charge in [0.2, 0.25) is 0 Å². The molecule has 98 valence electrons. The van der Waals surface area contributed by atoms with Crippen molar-refractivity contribution in [2.24, 2.45) is 0 Å². The number of aryl methyl sites for hydroxylation is 1. The van der Waals surface area contributed by atoms with E-state index in [1.807, 2.05) is 6.26 Å². The fourth-order valence-electron chi connectivity index (χ4n) is 2.25. The van der Waals surface area contributed by atoms with E-state index in [4.69, 9.17) is 4.42 Å². The van der Waals surface area contributed by atoms with Gasteiger partial charge in [0.05, 0.1) is 6.26 Å². The second-order valence-electron chi connectivity index (χ2n) is 7.32. The Labute approximate surface area is 110 Å². The van der Waals surface area contributed by atoms with Crippen LogP contribution in [0.25, 0.3) is 11.0 Å². The Morgan fingerprint density at radius 1 is 0.889 bits per heavy atom. The third-order valence-corrected chi connectivity index (χ3v) is 3.54. The van der Waals surface area contributed by atoms with E-state index in [-0.39, 0.29) is 10.8 Å². The maximum atomic E-state index is 5.77. The van der Waals surface area contributed by atoms with E-state index in [0.29, 0.717) is 0 Å². The molecule has 0 atom stereocenters. The first-order chi connectivity index (χ1) is 8.10. The summed E-state index contributed by atoms with van der Waals surface area (Å²) in [6.07, 6.45) is 1.87. The molecular weight excluding hydrogens is 220 g/mol. The quantitative estimate of drug-likeness (QED) is 0.610. The molecule has 1 nitrogen and oxygen atoms in total. The molecule has 18 heavy (non-hydrogen) atoms. The van der Waals surface area contributed by atoms with Gasteiger partial charge in [-0.05, 0) is 34.9 Å². The number of rotatable bonds is 0. The van der Waals surface area contributed by atoms with Crippen molar-refractivity contribution < 1.29 is 4.42 Å². The van der Waals surface area contributed by atoms with Gasteiger partial charge in [0.15, 0.2) is 0 Å². The van der Waals surface area contributed by atoms with Gasteiger partial charge in [-0.3, -0.25) is 0 Å². The summed E-state index contributed by atoms with van der Waals surface area (Å²) in [6.45, 7) is 15.6. The molecule has 1 aromatic heterocycles. The lowest BCUT2D eigenvalue weighted by Crippen LogP contribution is -2.16. The molecule has 1 heterocycles. The van der Waals surface area contributed by atoms with Crippen LogP contribution < -0.4 is 0 Å². The van der Waals surface area contributed by atoms with Crippen molar-refractivity contribution in [3.8, 4) is 0 Å². The van der Waals surface area contributed by atoms with E-state index in [1.165, 1.54) is 22.1 Å². The van der Waals surface area contributed by atoms with Crippen molar-refractivity contribution >= 4 is 11.0 Å². The lowest BCUT2D eigenvalue weighted by atomic mass is 9.79. The first-order valence-electron chi connectivity index (χ1n) is 6.63. The second kappa shape index (κ2) is 3.88. The summed E-state index contributed by atoms with van der Waals surface area (Å²) in [5, 5.41) is 1.26. The van der Waals surface area contributed by atoms with Crippen LogP contribution >= 0.6 is 0 Å². The highest BCUT2D eigenvalue weighted by atomic mass is 16.3. The molecule has 0 N–H and O–H groups in total. The zero-order chi connectivity index (χ0) is 13.7. The minimum Gasteiger partial charge on any atom is -0.464 e. The highest BCUT2D eigenvalue weighted by molar-refractivity contribution is 5.85. The van der Waals surface area contributed by atoms with Crippen molar-refractivity contribution in [2.45, 2.75) is 59.3 Å². The molecule has 0 saturated heterocycles. The highest BCUT2D eigenvalue weighted by Crippen LogP contribution is 2.36. The maximum Gasteiger partial charge on any atom is 0.137 e. The van der Waals surface area contributed by atoms with Crippen LogP contribution in [0.5, 0.6) is 0 Å². The summed E-state index contributed by atoms with van der Waals surface area (Å²) in [4.78, 5) is 0. The van der Waals surface area contributed by atoms with E-state index in [1.54, 1.807) is 0 Å². The van der Waals surface area contributed by atoms with Crippen LogP contribution in [0.2, 0.25) is 0 Å². The van der Waals surface area contributed by atoms with Crippen molar-refractivity contribution in [1.29, 1.82) is 0 Å². The Morgan fingerprint density at radius 3 is 2.00 bits per heavy atom. The Morgan fingerprint density at radius 2 is 1.50 bits per heavy atom. The average molecular weight is 244 g/mol. The van der Waals surface area contributed by atoms with Crippen molar-refractivity contribution in [3.63, 3.8) is 0 Å². The minimum atomic E-state index is 0.101. The summed E-state index contributed by atoms with van der Waals surface area (Å²) < 4.78 is 5.77. The number of hydrogen-bond donors (Lipinski definition) is 0. The van der Waals surface area contributed by atoms with Crippen molar-refractivity contribution in [2.75, 3.05) is 0 Å². The van der Waals surface area contributed by atoms with E-state index < -0.39 is 0 Å². The molecule has 2 aromatic rings. The molecule has 0 spiro atoms. The van der Waals surface area contributed by atoms with Gasteiger partial charge in [0.1, 0.15) is 5.58 Å². The number of furan rings is 1. The van der Waals surface area contributed by atoms with Crippen LogP contribution in [0.4, 0.5) is 0 Å². The summed E-state index contributed by atoms with van der Waals surface area (Å²) in [6, 6.07) is 4.59. The van der Waals surface area contributed by atoms with Gasteiger partial charge < -0.3 is 4.42 Å². The molecule has 0 radical (unpaired) electrons. The van der Waals surface area contributed by atoms with Gasteiger partial charge in [0, 0.05) is 10.9 Å². The number of fused-ring (bicyclic) bond motifs is 1. The molecule has 0 bridgehead atoms. The molecule has 0 aliphatic carbocycles. The van der Waals surface area contributed by atoms with Gasteiger partial charge in [-0.1, -0.05) is 47.6 Å². The maximum absolute atomic E-state index is 5.77. The Kier molecular flexibility index (Phi) is 2.84. The van der Waals surface area contributed by atoms with Crippen LogP contribution in [0, 0.1) is 6.92 Å². The van der Waals surface area contributed by atoms with Gasteiger partial charge in [0.25, 0.3) is 0 Å². The summed E-state index contributed by atoms with van der Waals surface area (Å²) in [5.41, 5.74) is 5.22. The molecular formula is C17H24O. The molecule has 0 fully saturated rings. The van der Waals surface area contributed by atoms with E-state index in [0.717, 1.165) is 5.58 Å². The van der Waals surface area contributed by atoms with Crippen LogP contribution in [-0.4, -0.2) is 0 Å². The van der Waals surface area contributed by atoms with Crippen LogP contribution in [0.3, 0.4) is 0 Å². The molecule has 0 unspecified atom stereocenters. The standard InChI is InChI=1S/C17H24O/c1-11-10-18-15-13(11)8-12(16(2,3)4)9-14(15)17(5,6)7/h8-10H,1-7H3. The Bertz CT molecular complexity index is 574. The summed E-state index contributed by atoms with van der Waals surface area (Å²) in [7, 11) is 0. The largest absolute Gasteiger partial charge is 0.464 e.